The molecule has 4 atom stereocenters. The summed E-state index contributed by atoms with van der Waals surface area (Å²) in [6, 6.07) is 34.8. The molecular weight excluding hydrogens is 1310 g/mol. The van der Waals surface area contributed by atoms with Gasteiger partial charge in [-0.2, -0.15) is 0 Å². The standard InChI is InChI=1S/C20H13BrClNO4S.C20H14BrNO4S.C19H20BrNO4S/c21-12-3-1-10(2-4-12)14-9-28-19(17(14)20(25)26)23-18(24)16-8-11-7-13(22)5-6-15(11)27-16;21-13-7-5-11(6-8-13)14-10-27-19(17(14)20(24)25)22-18(23)16-9-12-3-1-2-4-15(12)26-16;1-25-14-4-2-3-12(9-14)17(22)21-18-16(19(23)24)15(10-26-18)11-5-7-13(20)8-6-11/h1-7,9,16H,8H2,(H,23,24)(H,25,26);1-8,10,16H,9H2,(H,22,23)(H,24,25);5-8,10,12,14H,2-4,9H2,1H3,(H,21,22)(H,23,24). The first-order valence-electron chi connectivity index (χ1n) is 24.9. The molecule has 11 rings (SSSR count). The van der Waals surface area contributed by atoms with E-state index >= 15 is 0 Å². The van der Waals surface area contributed by atoms with E-state index in [9.17, 15) is 44.1 Å². The highest BCUT2D eigenvalue weighted by atomic mass is 79.9. The van der Waals surface area contributed by atoms with Gasteiger partial charge in [-0.05, 0) is 108 Å². The molecule has 1 aliphatic carbocycles. The molecule has 3 aromatic heterocycles. The number of rotatable bonds is 13. The van der Waals surface area contributed by atoms with Crippen molar-refractivity contribution >= 4 is 144 Å². The van der Waals surface area contributed by atoms with Crippen LogP contribution in [0.25, 0.3) is 33.4 Å². The topological polar surface area (TPSA) is 227 Å². The molecule has 5 heterocycles. The summed E-state index contributed by atoms with van der Waals surface area (Å²) in [5.41, 5.74) is 6.21. The van der Waals surface area contributed by atoms with Crippen molar-refractivity contribution in [2.45, 2.75) is 56.8 Å². The fourth-order valence-electron chi connectivity index (χ4n) is 9.40. The lowest BCUT2D eigenvalue weighted by atomic mass is 9.86. The fourth-order valence-corrected chi connectivity index (χ4v) is 13.3. The van der Waals surface area contributed by atoms with Gasteiger partial charge in [0.1, 0.15) is 43.2 Å². The molecule has 81 heavy (non-hydrogen) atoms. The summed E-state index contributed by atoms with van der Waals surface area (Å²) < 4.78 is 19.5. The maximum absolute atomic E-state index is 12.7. The predicted molar refractivity (Wildman–Crippen MR) is 326 cm³/mol. The van der Waals surface area contributed by atoms with Crippen LogP contribution in [-0.4, -0.2) is 76.4 Å². The van der Waals surface area contributed by atoms with E-state index in [-0.39, 0.29) is 51.4 Å². The third-order valence-electron chi connectivity index (χ3n) is 13.4. The van der Waals surface area contributed by atoms with Gasteiger partial charge >= 0.3 is 17.9 Å². The number of carbonyl (C=O) groups excluding carboxylic acids is 3. The van der Waals surface area contributed by atoms with Gasteiger partial charge in [-0.3, -0.25) is 14.4 Å². The highest BCUT2D eigenvalue weighted by molar-refractivity contribution is 9.11. The lowest BCUT2D eigenvalue weighted by molar-refractivity contribution is -0.122. The summed E-state index contributed by atoms with van der Waals surface area (Å²) in [5, 5.41) is 44.2. The predicted octanol–water partition coefficient (Wildman–Crippen LogP) is 15.3. The van der Waals surface area contributed by atoms with E-state index in [0.717, 1.165) is 60.5 Å². The van der Waals surface area contributed by atoms with Crippen LogP contribution in [0.2, 0.25) is 5.02 Å². The minimum Gasteiger partial charge on any atom is -0.480 e. The van der Waals surface area contributed by atoms with Crippen LogP contribution >= 0.6 is 93.4 Å². The summed E-state index contributed by atoms with van der Waals surface area (Å²) >= 11 is 19.7. The van der Waals surface area contributed by atoms with Crippen molar-refractivity contribution in [2.75, 3.05) is 23.1 Å². The number of para-hydroxylation sites is 1. The summed E-state index contributed by atoms with van der Waals surface area (Å²) in [7, 11) is 1.66. The molecule has 0 radical (unpaired) electrons. The molecule has 6 N–H and O–H groups in total. The zero-order valence-corrected chi connectivity index (χ0v) is 50.5. The van der Waals surface area contributed by atoms with Gasteiger partial charge in [0.2, 0.25) is 5.91 Å². The first-order valence-corrected chi connectivity index (χ1v) is 30.3. The van der Waals surface area contributed by atoms with Gasteiger partial charge in [-0.25, -0.2) is 14.4 Å². The van der Waals surface area contributed by atoms with Crippen molar-refractivity contribution in [3.63, 3.8) is 0 Å². The lowest BCUT2D eigenvalue weighted by Crippen LogP contribution is -2.31. The molecule has 0 bridgehead atoms. The number of methoxy groups -OCH3 is 1. The second kappa shape index (κ2) is 26.5. The molecule has 0 spiro atoms. The minimum atomic E-state index is -1.10. The van der Waals surface area contributed by atoms with Gasteiger partial charge < -0.3 is 45.5 Å². The second-order valence-corrected chi connectivity index (χ2v) is 24.5. The van der Waals surface area contributed by atoms with E-state index in [0.29, 0.717) is 62.5 Å². The Hall–Kier alpha value is -6.69. The van der Waals surface area contributed by atoms with Crippen molar-refractivity contribution in [3.05, 3.63) is 178 Å². The average Bonchev–Trinajstić information content (AvgIpc) is 4.32. The zero-order chi connectivity index (χ0) is 57.5. The molecule has 8 aromatic rings. The van der Waals surface area contributed by atoms with Crippen LogP contribution in [0.5, 0.6) is 11.5 Å². The third-order valence-corrected chi connectivity index (χ3v) is 18.0. The molecule has 3 aliphatic rings. The van der Waals surface area contributed by atoms with Crippen LogP contribution < -0.4 is 25.4 Å². The number of hydrogen-bond acceptors (Lipinski definition) is 12. The van der Waals surface area contributed by atoms with Crippen LogP contribution in [0.3, 0.4) is 0 Å². The van der Waals surface area contributed by atoms with Crippen LogP contribution in [0.15, 0.2) is 145 Å². The molecule has 416 valence electrons. The van der Waals surface area contributed by atoms with E-state index in [2.05, 4.69) is 63.7 Å². The van der Waals surface area contributed by atoms with E-state index in [1.807, 2.05) is 97.1 Å². The fraction of sp³-hybridized carbons (Fsp3) is 0.186. The van der Waals surface area contributed by atoms with E-state index in [1.165, 1.54) is 34.0 Å². The highest BCUT2D eigenvalue weighted by Crippen LogP contribution is 2.41. The number of anilines is 3. The molecule has 22 heteroatoms. The minimum absolute atomic E-state index is 0.0687. The Morgan fingerprint density at radius 1 is 0.543 bits per heavy atom. The summed E-state index contributed by atoms with van der Waals surface area (Å²) in [6.45, 7) is 0. The van der Waals surface area contributed by atoms with E-state index in [1.54, 1.807) is 41.4 Å². The first kappa shape index (κ1) is 58.9. The monoisotopic (exact) mass is 1360 g/mol. The van der Waals surface area contributed by atoms with Crippen molar-refractivity contribution in [2.24, 2.45) is 5.92 Å². The number of benzene rings is 5. The quantitative estimate of drug-likeness (QED) is 0.0634. The van der Waals surface area contributed by atoms with Crippen LogP contribution in [-0.2, 0) is 32.0 Å². The van der Waals surface area contributed by atoms with Gasteiger partial charge in [0.05, 0.1) is 6.10 Å². The Morgan fingerprint density at radius 3 is 1.37 bits per heavy atom. The number of carboxylic acid groups (broad SMARTS) is 3. The van der Waals surface area contributed by atoms with Crippen molar-refractivity contribution in [3.8, 4) is 44.9 Å². The van der Waals surface area contributed by atoms with Crippen molar-refractivity contribution in [1.82, 2.24) is 0 Å². The van der Waals surface area contributed by atoms with Gasteiger partial charge in [0.15, 0.2) is 12.2 Å². The molecule has 1 saturated carbocycles. The highest BCUT2D eigenvalue weighted by Gasteiger charge is 2.34. The molecule has 4 unspecified atom stereocenters. The van der Waals surface area contributed by atoms with Crippen LogP contribution in [0, 0.1) is 5.92 Å². The van der Waals surface area contributed by atoms with Crippen LogP contribution in [0.4, 0.5) is 15.0 Å². The van der Waals surface area contributed by atoms with Gasteiger partial charge in [0.25, 0.3) is 11.8 Å². The molecule has 1 fully saturated rings. The smallest absolute Gasteiger partial charge is 0.339 e. The zero-order valence-electron chi connectivity index (χ0n) is 42.5. The summed E-state index contributed by atoms with van der Waals surface area (Å²) in [4.78, 5) is 73.5. The summed E-state index contributed by atoms with van der Waals surface area (Å²) in [5.74, 6) is -2.93. The van der Waals surface area contributed by atoms with Crippen molar-refractivity contribution < 1.29 is 58.3 Å². The second-order valence-electron chi connectivity index (χ2n) is 18.7. The number of amides is 3. The number of carboxylic acids is 3. The van der Waals surface area contributed by atoms with Crippen LogP contribution in [0.1, 0.15) is 67.9 Å². The normalized spacial score (nSPS) is 16.6. The maximum atomic E-state index is 12.7. The summed E-state index contributed by atoms with van der Waals surface area (Å²) in [6.07, 6.45) is 2.94. The molecule has 15 nitrogen and oxygen atoms in total. The third kappa shape index (κ3) is 14.2. The van der Waals surface area contributed by atoms with E-state index < -0.39 is 30.1 Å². The Balaban J connectivity index is 0.000000147. The molecule has 3 amide bonds. The molecule has 5 aromatic carbocycles. The number of thiophene rings is 3. The largest absolute Gasteiger partial charge is 0.480 e. The number of aromatic carboxylic acids is 3. The number of hydrogen-bond donors (Lipinski definition) is 6. The molecule has 0 saturated heterocycles. The molecular formula is C59H47Br3ClN3O12S3. The van der Waals surface area contributed by atoms with Gasteiger partial charge in [0, 0.05) is 77.1 Å². The number of fused-ring (bicyclic) bond motifs is 2. The molecule has 2 aliphatic heterocycles. The van der Waals surface area contributed by atoms with Gasteiger partial charge in [-0.1, -0.05) is 120 Å². The number of halogens is 4. The Kier molecular flexibility index (Phi) is 19.3. The maximum Gasteiger partial charge on any atom is 0.339 e. The SMILES string of the molecule is COC1CCCC(C(=O)Nc2scc(-c3ccc(Br)cc3)c2C(=O)O)C1.O=C(O)c1c(-c2ccc(Br)cc2)csc1NC(=O)C1Cc2cc(Cl)ccc2O1.O=C(O)c1c(-c2ccc(Br)cc2)csc1NC(=O)C1Cc2ccccc2O1. The Labute approximate surface area is 506 Å². The Bertz CT molecular complexity index is 3640. The number of ether oxygens (including phenoxy) is 3. The average molecular weight is 1360 g/mol. The number of carbonyl (C=O) groups is 6. The lowest BCUT2D eigenvalue weighted by Gasteiger charge is -2.27. The van der Waals surface area contributed by atoms with Gasteiger partial charge in [-0.15, -0.1) is 34.0 Å². The Morgan fingerprint density at radius 2 is 0.951 bits per heavy atom. The van der Waals surface area contributed by atoms with Crippen molar-refractivity contribution in [1.29, 1.82) is 0 Å². The van der Waals surface area contributed by atoms with E-state index in [4.69, 9.17) is 25.8 Å². The number of nitrogens with one attached hydrogen (secondary N) is 3. The first-order chi connectivity index (χ1) is 38.9.